The average molecular weight is 239 g/mol. The van der Waals surface area contributed by atoms with Gasteiger partial charge in [0.1, 0.15) is 0 Å². The minimum Gasteiger partial charge on any atom is -0.371 e. The van der Waals surface area contributed by atoms with Gasteiger partial charge in [-0.05, 0) is 19.3 Å². The van der Waals surface area contributed by atoms with E-state index in [0.717, 1.165) is 25.8 Å². The Morgan fingerprint density at radius 3 is 2.88 bits per heavy atom. The zero-order valence-corrected chi connectivity index (χ0v) is 10.3. The van der Waals surface area contributed by atoms with E-state index in [1.165, 1.54) is 0 Å². The van der Waals surface area contributed by atoms with Crippen molar-refractivity contribution in [2.45, 2.75) is 32.6 Å². The lowest BCUT2D eigenvalue weighted by Crippen LogP contribution is -2.20. The topological polar surface area (TPSA) is 67.0 Å². The van der Waals surface area contributed by atoms with E-state index in [-0.39, 0.29) is 5.97 Å². The first-order chi connectivity index (χ1) is 8.31. The molecule has 5 heteroatoms. The first-order valence-corrected chi connectivity index (χ1v) is 5.77. The van der Waals surface area contributed by atoms with Crippen molar-refractivity contribution in [1.29, 1.82) is 0 Å². The molecule has 2 N–H and O–H groups in total. The molecule has 0 unspecified atom stereocenters. The number of aromatic amines is 1. The Bertz CT molecular complexity index is 256. The summed E-state index contributed by atoms with van der Waals surface area (Å²) < 4.78 is 0. The van der Waals surface area contributed by atoms with Gasteiger partial charge in [-0.15, -0.1) is 6.58 Å². The molecule has 0 fully saturated rings. The number of nitrogens with one attached hydrogen (secondary N) is 2. The molecule has 0 saturated carbocycles. The van der Waals surface area contributed by atoms with Gasteiger partial charge in [0.25, 0.3) is 0 Å². The van der Waals surface area contributed by atoms with Crippen LogP contribution in [0.15, 0.2) is 31.4 Å². The predicted octanol–water partition coefficient (Wildman–Crippen LogP) is 2.21. The third kappa shape index (κ3) is 12.3. The van der Waals surface area contributed by atoms with Crippen LogP contribution in [-0.4, -0.2) is 22.5 Å². The number of hydroxylamine groups is 1. The summed E-state index contributed by atoms with van der Waals surface area (Å²) in [6.45, 7) is 6.10. The van der Waals surface area contributed by atoms with Crippen LogP contribution < -0.4 is 5.48 Å². The molecule has 5 nitrogen and oxygen atoms in total. The Morgan fingerprint density at radius 2 is 2.41 bits per heavy atom. The lowest BCUT2D eigenvalue weighted by molar-refractivity contribution is -0.150. The molecule has 0 radical (unpaired) electrons. The summed E-state index contributed by atoms with van der Waals surface area (Å²) in [6, 6.07) is 0. The summed E-state index contributed by atoms with van der Waals surface area (Å²) >= 11 is 0. The van der Waals surface area contributed by atoms with E-state index in [0.29, 0.717) is 6.42 Å². The molecule has 0 atom stereocenters. The van der Waals surface area contributed by atoms with Crippen molar-refractivity contribution < 1.29 is 9.63 Å². The third-order valence-corrected chi connectivity index (χ3v) is 1.82. The van der Waals surface area contributed by atoms with E-state index in [1.54, 1.807) is 25.6 Å². The van der Waals surface area contributed by atoms with E-state index >= 15 is 0 Å². The number of rotatable bonds is 7. The first-order valence-electron chi connectivity index (χ1n) is 5.77. The normalized spacial score (nSPS) is 9.00. The monoisotopic (exact) mass is 239 g/mol. The molecule has 0 spiro atoms. The maximum atomic E-state index is 10.6. The molecule has 0 aromatic carbocycles. The zero-order valence-electron chi connectivity index (χ0n) is 10.3. The summed E-state index contributed by atoms with van der Waals surface area (Å²) in [4.78, 5) is 21.7. The lowest BCUT2D eigenvalue weighted by Gasteiger charge is -2.02. The van der Waals surface area contributed by atoms with Gasteiger partial charge in [-0.3, -0.25) is 4.79 Å². The van der Waals surface area contributed by atoms with E-state index in [1.807, 2.05) is 6.08 Å². The number of hydrogen-bond acceptors (Lipinski definition) is 4. The number of H-pyrrole nitrogens is 1. The molecule has 0 bridgehead atoms. The number of unbranched alkanes of at least 4 members (excludes halogenated alkanes) is 2. The van der Waals surface area contributed by atoms with Crippen LogP contribution in [0.4, 0.5) is 0 Å². The summed E-state index contributed by atoms with van der Waals surface area (Å²) in [5.74, 6) is -0.210. The van der Waals surface area contributed by atoms with E-state index in [2.05, 4.69) is 26.9 Å². The smallest absolute Gasteiger partial charge is 0.324 e. The standard InChI is InChI=1S/C9H17NO2.C3H4N2/c1-3-5-6-7-8-10-12-9(11)4-2;1-2-5-3-4-1/h3,10H,1,4-8H2,2H3;1-3H,(H,4,5). The largest absolute Gasteiger partial charge is 0.371 e. The third-order valence-electron chi connectivity index (χ3n) is 1.82. The number of carbonyl (C=O) groups is 1. The molecule has 0 aliphatic rings. The quantitative estimate of drug-likeness (QED) is 0.435. The number of aromatic nitrogens is 2. The van der Waals surface area contributed by atoms with Gasteiger partial charge in [-0.2, -0.15) is 5.48 Å². The van der Waals surface area contributed by atoms with Gasteiger partial charge < -0.3 is 9.82 Å². The van der Waals surface area contributed by atoms with Crippen molar-refractivity contribution in [3.05, 3.63) is 31.4 Å². The predicted molar refractivity (Wildman–Crippen MR) is 67.0 cm³/mol. The Hall–Kier alpha value is -1.62. The second kappa shape index (κ2) is 12.4. The van der Waals surface area contributed by atoms with Gasteiger partial charge in [-0.1, -0.05) is 13.0 Å². The van der Waals surface area contributed by atoms with E-state index < -0.39 is 0 Å². The highest BCUT2D eigenvalue weighted by molar-refractivity contribution is 5.68. The van der Waals surface area contributed by atoms with Gasteiger partial charge >= 0.3 is 5.97 Å². The minimum atomic E-state index is -0.210. The van der Waals surface area contributed by atoms with Crippen molar-refractivity contribution >= 4 is 5.97 Å². The molecule has 0 amide bonds. The molecule has 96 valence electrons. The molecule has 1 rings (SSSR count). The highest BCUT2D eigenvalue weighted by Gasteiger charge is 1.95. The van der Waals surface area contributed by atoms with Crippen LogP contribution in [-0.2, 0) is 9.63 Å². The second-order valence-corrected chi connectivity index (χ2v) is 3.27. The van der Waals surface area contributed by atoms with Crippen LogP contribution in [0, 0.1) is 0 Å². The van der Waals surface area contributed by atoms with Gasteiger partial charge in [0.2, 0.25) is 0 Å². The number of nitrogens with zero attached hydrogens (tertiary/aromatic N) is 1. The molecule has 1 aromatic heterocycles. The summed E-state index contributed by atoms with van der Waals surface area (Å²) in [7, 11) is 0. The van der Waals surface area contributed by atoms with Crippen LogP contribution in [0.25, 0.3) is 0 Å². The van der Waals surface area contributed by atoms with E-state index in [4.69, 9.17) is 0 Å². The van der Waals surface area contributed by atoms with Crippen molar-refractivity contribution in [2.75, 3.05) is 6.54 Å². The van der Waals surface area contributed by atoms with Crippen molar-refractivity contribution in [1.82, 2.24) is 15.4 Å². The van der Waals surface area contributed by atoms with Crippen LogP contribution >= 0.6 is 0 Å². The minimum absolute atomic E-state index is 0.210. The molecular weight excluding hydrogens is 218 g/mol. The van der Waals surface area contributed by atoms with Crippen molar-refractivity contribution in [3.63, 3.8) is 0 Å². The summed E-state index contributed by atoms with van der Waals surface area (Å²) in [5, 5.41) is 0. The molecule has 0 aliphatic heterocycles. The number of allylic oxidation sites excluding steroid dienone is 1. The average Bonchev–Trinajstić information content (AvgIpc) is 2.92. The van der Waals surface area contributed by atoms with Gasteiger partial charge in [0.15, 0.2) is 0 Å². The molecule has 1 aromatic rings. The highest BCUT2D eigenvalue weighted by atomic mass is 16.7. The van der Waals surface area contributed by atoms with E-state index in [9.17, 15) is 4.79 Å². The fourth-order valence-electron chi connectivity index (χ4n) is 0.905. The van der Waals surface area contributed by atoms with Gasteiger partial charge in [0.05, 0.1) is 6.33 Å². The fourth-order valence-corrected chi connectivity index (χ4v) is 0.905. The molecule has 0 saturated heterocycles. The van der Waals surface area contributed by atoms with Crippen molar-refractivity contribution in [3.8, 4) is 0 Å². The Kier molecular flexibility index (Phi) is 11.3. The maximum Gasteiger partial charge on any atom is 0.324 e. The molecule has 0 aliphatic carbocycles. The molecule has 17 heavy (non-hydrogen) atoms. The maximum absolute atomic E-state index is 10.6. The second-order valence-electron chi connectivity index (χ2n) is 3.27. The van der Waals surface area contributed by atoms with Crippen LogP contribution in [0.1, 0.15) is 32.6 Å². The Balaban J connectivity index is 0.000000419. The summed E-state index contributed by atoms with van der Waals surface area (Å²) in [6.07, 6.45) is 10.5. The van der Waals surface area contributed by atoms with Gasteiger partial charge in [0, 0.05) is 25.4 Å². The SMILES string of the molecule is C=CCCCCNOC(=O)CC.c1c[nH]cn1. The van der Waals surface area contributed by atoms with Crippen LogP contribution in [0.3, 0.4) is 0 Å². The fraction of sp³-hybridized carbons (Fsp3) is 0.500. The number of hydrogen-bond donors (Lipinski definition) is 2. The Labute approximate surface area is 102 Å². The first kappa shape index (κ1) is 15.4. The Morgan fingerprint density at radius 1 is 1.59 bits per heavy atom. The summed E-state index contributed by atoms with van der Waals surface area (Å²) in [5.41, 5.74) is 2.61. The van der Waals surface area contributed by atoms with Gasteiger partial charge in [-0.25, -0.2) is 4.98 Å². The molecular formula is C12H21N3O2. The molecule has 1 heterocycles. The lowest BCUT2D eigenvalue weighted by atomic mass is 10.2. The highest BCUT2D eigenvalue weighted by Crippen LogP contribution is 1.93. The number of carbonyl (C=O) groups excluding carboxylic acids is 1. The zero-order chi connectivity index (χ0) is 12.8. The van der Waals surface area contributed by atoms with Crippen LogP contribution in [0.5, 0.6) is 0 Å². The van der Waals surface area contributed by atoms with Crippen LogP contribution in [0.2, 0.25) is 0 Å². The van der Waals surface area contributed by atoms with Crippen molar-refractivity contribution in [2.24, 2.45) is 0 Å². The number of imidazole rings is 1.